The topological polar surface area (TPSA) is 84.0 Å². The van der Waals surface area contributed by atoms with Crippen LogP contribution in [-0.4, -0.2) is 21.8 Å². The Morgan fingerprint density at radius 1 is 0.808 bits per heavy atom. The highest BCUT2D eigenvalue weighted by atomic mass is 35.5. The molecular weight excluding hydrogens is 375 g/mol. The van der Waals surface area contributed by atoms with Gasteiger partial charge in [-0.15, -0.1) is 0 Å². The summed E-state index contributed by atoms with van der Waals surface area (Å²) in [5.74, 6) is 0.188. The number of rotatable bonds is 4. The van der Waals surface area contributed by atoms with Crippen molar-refractivity contribution in [1.29, 1.82) is 0 Å². The number of hydrogen-bond donors (Lipinski definition) is 2. The van der Waals surface area contributed by atoms with Crippen LogP contribution in [-0.2, 0) is 9.59 Å². The summed E-state index contributed by atoms with van der Waals surface area (Å²) in [5, 5.41) is 6.33. The molecule has 2 amide bonds. The number of carbonyl (C=O) groups is 2. The van der Waals surface area contributed by atoms with Gasteiger partial charge in [-0.2, -0.15) is 0 Å². The van der Waals surface area contributed by atoms with Crippen molar-refractivity contribution in [2.45, 2.75) is 25.7 Å². The Balaban J connectivity index is 1.52. The standard InChI is InChI=1S/C18H18Cl2N4O2/c19-13-3-1-9-21-15(13)23-17(25)11-5-7-12(8-6-11)18(26)24-16-14(20)4-2-10-22-16/h1-4,9-12H,5-8H2,(H,21,23,25)(H,22,24,26). The summed E-state index contributed by atoms with van der Waals surface area (Å²) in [7, 11) is 0. The van der Waals surface area contributed by atoms with Gasteiger partial charge in [0.15, 0.2) is 11.6 Å². The Morgan fingerprint density at radius 2 is 1.19 bits per heavy atom. The van der Waals surface area contributed by atoms with Crippen LogP contribution in [0.15, 0.2) is 36.7 Å². The highest BCUT2D eigenvalue weighted by Crippen LogP contribution is 2.31. The van der Waals surface area contributed by atoms with Gasteiger partial charge in [0.2, 0.25) is 11.8 Å². The predicted octanol–water partition coefficient (Wildman–Crippen LogP) is 4.17. The van der Waals surface area contributed by atoms with Crippen LogP contribution >= 0.6 is 23.2 Å². The van der Waals surface area contributed by atoms with Gasteiger partial charge < -0.3 is 10.6 Å². The molecule has 2 heterocycles. The molecule has 0 atom stereocenters. The lowest BCUT2D eigenvalue weighted by molar-refractivity contribution is -0.125. The Kier molecular flexibility index (Phi) is 6.06. The first-order valence-electron chi connectivity index (χ1n) is 8.37. The maximum absolute atomic E-state index is 12.4. The van der Waals surface area contributed by atoms with E-state index in [1.807, 2.05) is 0 Å². The second kappa shape index (κ2) is 8.47. The minimum absolute atomic E-state index is 0.114. The summed E-state index contributed by atoms with van der Waals surface area (Å²) < 4.78 is 0. The van der Waals surface area contributed by atoms with E-state index in [1.54, 1.807) is 36.7 Å². The maximum atomic E-state index is 12.4. The number of carbonyl (C=O) groups excluding carboxylic acids is 2. The van der Waals surface area contributed by atoms with Crippen molar-refractivity contribution >= 4 is 46.7 Å². The third kappa shape index (κ3) is 4.51. The number of nitrogens with one attached hydrogen (secondary N) is 2. The number of aromatic nitrogens is 2. The molecule has 0 aliphatic heterocycles. The molecule has 2 aromatic rings. The first-order chi connectivity index (χ1) is 12.5. The van der Waals surface area contributed by atoms with Crippen molar-refractivity contribution in [3.63, 3.8) is 0 Å². The van der Waals surface area contributed by atoms with E-state index in [0.29, 0.717) is 47.4 Å². The summed E-state index contributed by atoms with van der Waals surface area (Å²) in [6.07, 6.45) is 5.67. The summed E-state index contributed by atoms with van der Waals surface area (Å²) in [4.78, 5) is 32.9. The molecule has 0 saturated heterocycles. The maximum Gasteiger partial charge on any atom is 0.228 e. The van der Waals surface area contributed by atoms with Crippen molar-refractivity contribution in [2.24, 2.45) is 11.8 Å². The average Bonchev–Trinajstić information content (AvgIpc) is 2.65. The highest BCUT2D eigenvalue weighted by molar-refractivity contribution is 6.33. The number of pyridine rings is 2. The molecule has 1 saturated carbocycles. The monoisotopic (exact) mass is 392 g/mol. The normalized spacial score (nSPS) is 19.6. The highest BCUT2D eigenvalue weighted by Gasteiger charge is 2.30. The predicted molar refractivity (Wildman–Crippen MR) is 101 cm³/mol. The SMILES string of the molecule is O=C(Nc1ncccc1Cl)C1CCC(C(=O)Nc2ncccc2Cl)CC1. The zero-order chi connectivity index (χ0) is 18.5. The number of anilines is 2. The van der Waals surface area contributed by atoms with Gasteiger partial charge in [0.05, 0.1) is 10.0 Å². The first-order valence-corrected chi connectivity index (χ1v) is 9.13. The third-order valence-corrected chi connectivity index (χ3v) is 5.08. The van der Waals surface area contributed by atoms with Crippen molar-refractivity contribution < 1.29 is 9.59 Å². The zero-order valence-corrected chi connectivity index (χ0v) is 15.4. The van der Waals surface area contributed by atoms with Gasteiger partial charge in [-0.3, -0.25) is 9.59 Å². The molecule has 8 heteroatoms. The zero-order valence-electron chi connectivity index (χ0n) is 13.9. The molecule has 136 valence electrons. The van der Waals surface area contributed by atoms with Gasteiger partial charge in [-0.05, 0) is 49.9 Å². The van der Waals surface area contributed by atoms with Crippen molar-refractivity contribution in [3.05, 3.63) is 46.7 Å². The molecule has 2 N–H and O–H groups in total. The Hall–Kier alpha value is -2.18. The van der Waals surface area contributed by atoms with E-state index in [-0.39, 0.29) is 23.7 Å². The summed E-state index contributed by atoms with van der Waals surface area (Å²) in [5.41, 5.74) is 0. The van der Waals surface area contributed by atoms with E-state index in [9.17, 15) is 9.59 Å². The van der Waals surface area contributed by atoms with Gasteiger partial charge in [-0.25, -0.2) is 9.97 Å². The van der Waals surface area contributed by atoms with Crippen LogP contribution in [0.2, 0.25) is 10.0 Å². The number of nitrogens with zero attached hydrogens (tertiary/aromatic N) is 2. The van der Waals surface area contributed by atoms with Gasteiger partial charge in [0.25, 0.3) is 0 Å². The smallest absolute Gasteiger partial charge is 0.228 e. The van der Waals surface area contributed by atoms with E-state index in [2.05, 4.69) is 20.6 Å². The van der Waals surface area contributed by atoms with E-state index in [0.717, 1.165) is 0 Å². The van der Waals surface area contributed by atoms with Crippen LogP contribution < -0.4 is 10.6 Å². The van der Waals surface area contributed by atoms with Crippen LogP contribution in [0.5, 0.6) is 0 Å². The van der Waals surface area contributed by atoms with Crippen molar-refractivity contribution in [2.75, 3.05) is 10.6 Å². The van der Waals surface area contributed by atoms with Gasteiger partial charge in [0, 0.05) is 24.2 Å². The third-order valence-electron chi connectivity index (χ3n) is 4.47. The molecule has 0 unspecified atom stereocenters. The second-order valence-corrected chi connectivity index (χ2v) is 7.01. The quantitative estimate of drug-likeness (QED) is 0.817. The molecule has 1 aliphatic carbocycles. The lowest BCUT2D eigenvalue weighted by Gasteiger charge is -2.27. The largest absolute Gasteiger partial charge is 0.309 e. The molecule has 6 nitrogen and oxygen atoms in total. The minimum Gasteiger partial charge on any atom is -0.309 e. The van der Waals surface area contributed by atoms with Crippen LogP contribution in [0.1, 0.15) is 25.7 Å². The van der Waals surface area contributed by atoms with Gasteiger partial charge in [-0.1, -0.05) is 23.2 Å². The number of halogens is 2. The van der Waals surface area contributed by atoms with Crippen LogP contribution in [0.25, 0.3) is 0 Å². The molecule has 0 aromatic carbocycles. The lowest BCUT2D eigenvalue weighted by Crippen LogP contribution is -2.32. The number of amides is 2. The molecule has 0 radical (unpaired) electrons. The number of hydrogen-bond acceptors (Lipinski definition) is 4. The Morgan fingerprint density at radius 3 is 1.54 bits per heavy atom. The van der Waals surface area contributed by atoms with Crippen molar-refractivity contribution in [1.82, 2.24) is 9.97 Å². The Bertz CT molecular complexity index is 740. The molecule has 0 spiro atoms. The van der Waals surface area contributed by atoms with Crippen LogP contribution in [0, 0.1) is 11.8 Å². The molecule has 1 aliphatic rings. The van der Waals surface area contributed by atoms with E-state index in [1.165, 1.54) is 0 Å². The van der Waals surface area contributed by atoms with Crippen molar-refractivity contribution in [3.8, 4) is 0 Å². The summed E-state index contributed by atoms with van der Waals surface area (Å²) in [6.45, 7) is 0. The fourth-order valence-electron chi connectivity index (χ4n) is 3.01. The lowest BCUT2D eigenvalue weighted by atomic mass is 9.81. The fraction of sp³-hybridized carbons (Fsp3) is 0.333. The van der Waals surface area contributed by atoms with E-state index in [4.69, 9.17) is 23.2 Å². The van der Waals surface area contributed by atoms with E-state index < -0.39 is 0 Å². The minimum atomic E-state index is -0.157. The Labute approximate surface area is 161 Å². The first kappa shape index (κ1) is 18.6. The molecule has 3 rings (SSSR count). The van der Waals surface area contributed by atoms with Crippen LogP contribution in [0.4, 0.5) is 11.6 Å². The summed E-state index contributed by atoms with van der Waals surface area (Å²) >= 11 is 12.0. The molecule has 26 heavy (non-hydrogen) atoms. The molecular formula is C18H18Cl2N4O2. The van der Waals surface area contributed by atoms with Gasteiger partial charge >= 0.3 is 0 Å². The molecule has 2 aromatic heterocycles. The molecule has 1 fully saturated rings. The fourth-order valence-corrected chi connectivity index (χ4v) is 3.35. The summed E-state index contributed by atoms with van der Waals surface area (Å²) in [6, 6.07) is 6.76. The second-order valence-electron chi connectivity index (χ2n) is 6.19. The van der Waals surface area contributed by atoms with Crippen LogP contribution in [0.3, 0.4) is 0 Å². The van der Waals surface area contributed by atoms with Gasteiger partial charge in [0.1, 0.15) is 0 Å². The molecule has 0 bridgehead atoms. The average molecular weight is 393 g/mol. The van der Waals surface area contributed by atoms with E-state index >= 15 is 0 Å².